The minimum Gasteiger partial charge on any atom is -0.381 e. The molecule has 0 N–H and O–H groups in total. The highest BCUT2D eigenvalue weighted by atomic mass is 32.2. The number of ether oxygens (including phenoxy) is 2. The second kappa shape index (κ2) is 5.66. The summed E-state index contributed by atoms with van der Waals surface area (Å²) < 4.78 is 50.4. The van der Waals surface area contributed by atoms with E-state index in [0.717, 1.165) is 0 Å². The molecule has 1 aromatic carbocycles. The fourth-order valence-corrected chi connectivity index (χ4v) is 5.09. The van der Waals surface area contributed by atoms with Gasteiger partial charge in [0.1, 0.15) is 10.7 Å². The van der Waals surface area contributed by atoms with Crippen LogP contribution in [0.15, 0.2) is 29.2 Å². The van der Waals surface area contributed by atoms with Gasteiger partial charge < -0.3 is 9.47 Å². The monoisotopic (exact) mass is 314 g/mol. The second-order valence-corrected chi connectivity index (χ2v) is 7.93. The third-order valence-electron chi connectivity index (χ3n) is 4.43. The maximum Gasteiger partial charge on any atom is 0.184 e. The Bertz CT molecular complexity index is 602. The van der Waals surface area contributed by atoms with Crippen molar-refractivity contribution in [1.82, 2.24) is 0 Å². The molecule has 0 amide bonds. The van der Waals surface area contributed by atoms with Gasteiger partial charge in [-0.25, -0.2) is 12.8 Å². The van der Waals surface area contributed by atoms with Crippen molar-refractivity contribution < 1.29 is 22.3 Å². The lowest BCUT2D eigenvalue weighted by Gasteiger charge is -2.43. The summed E-state index contributed by atoms with van der Waals surface area (Å²) in [5, 5.41) is -0.582. The van der Waals surface area contributed by atoms with Crippen molar-refractivity contribution in [2.75, 3.05) is 19.8 Å². The summed E-state index contributed by atoms with van der Waals surface area (Å²) in [6.07, 6.45) is 2.25. The summed E-state index contributed by atoms with van der Waals surface area (Å²) in [7, 11) is -3.66. The van der Waals surface area contributed by atoms with E-state index in [1.165, 1.54) is 18.2 Å². The van der Waals surface area contributed by atoms with Crippen LogP contribution in [0, 0.1) is 5.82 Å². The van der Waals surface area contributed by atoms with Gasteiger partial charge in [-0.3, -0.25) is 0 Å². The molecular formula is C15H19FO4S. The van der Waals surface area contributed by atoms with Crippen LogP contribution in [0.3, 0.4) is 0 Å². The lowest BCUT2D eigenvalue weighted by atomic mass is 9.86. The summed E-state index contributed by atoms with van der Waals surface area (Å²) in [4.78, 5) is -0.195. The highest BCUT2D eigenvalue weighted by Crippen LogP contribution is 2.38. The van der Waals surface area contributed by atoms with Crippen LogP contribution in [0.2, 0.25) is 0 Å². The molecule has 1 spiro atoms. The quantitative estimate of drug-likeness (QED) is 0.841. The van der Waals surface area contributed by atoms with E-state index in [9.17, 15) is 12.8 Å². The maximum atomic E-state index is 13.8. The first-order valence-corrected chi connectivity index (χ1v) is 8.78. The molecule has 2 aliphatic heterocycles. The van der Waals surface area contributed by atoms with Crippen molar-refractivity contribution in [3.63, 3.8) is 0 Å². The summed E-state index contributed by atoms with van der Waals surface area (Å²) in [6.45, 7) is 1.58. The van der Waals surface area contributed by atoms with Gasteiger partial charge in [0.25, 0.3) is 0 Å². The van der Waals surface area contributed by atoms with Crippen LogP contribution in [-0.2, 0) is 19.3 Å². The molecule has 1 aromatic rings. The molecular weight excluding hydrogens is 295 g/mol. The molecule has 0 aliphatic carbocycles. The fourth-order valence-electron chi connectivity index (χ4n) is 3.19. The predicted molar refractivity (Wildman–Crippen MR) is 75.3 cm³/mol. The number of hydrogen-bond donors (Lipinski definition) is 0. The largest absolute Gasteiger partial charge is 0.381 e. The van der Waals surface area contributed by atoms with Crippen molar-refractivity contribution in [3.8, 4) is 0 Å². The van der Waals surface area contributed by atoms with Crippen molar-refractivity contribution in [3.05, 3.63) is 30.1 Å². The van der Waals surface area contributed by atoms with Crippen molar-refractivity contribution >= 4 is 9.84 Å². The first-order valence-electron chi connectivity index (χ1n) is 7.24. The summed E-state index contributed by atoms with van der Waals surface area (Å²) in [5.41, 5.74) is -0.417. The molecule has 0 bridgehead atoms. The number of rotatable bonds is 2. The van der Waals surface area contributed by atoms with Gasteiger partial charge >= 0.3 is 0 Å². The summed E-state index contributed by atoms with van der Waals surface area (Å²) in [6, 6.07) is 5.59. The number of hydrogen-bond acceptors (Lipinski definition) is 4. The first kappa shape index (κ1) is 14.9. The van der Waals surface area contributed by atoms with E-state index < -0.39 is 26.5 Å². The molecule has 0 aromatic heterocycles. The van der Waals surface area contributed by atoms with Crippen molar-refractivity contribution in [1.29, 1.82) is 0 Å². The Morgan fingerprint density at radius 1 is 1.14 bits per heavy atom. The fraction of sp³-hybridized carbons (Fsp3) is 0.600. The van der Waals surface area contributed by atoms with Crippen LogP contribution in [0.4, 0.5) is 4.39 Å². The van der Waals surface area contributed by atoms with E-state index in [4.69, 9.17) is 9.47 Å². The average Bonchev–Trinajstić information content (AvgIpc) is 2.48. The molecule has 116 valence electrons. The van der Waals surface area contributed by atoms with Gasteiger partial charge in [0.05, 0.1) is 10.9 Å². The van der Waals surface area contributed by atoms with Gasteiger partial charge in [0, 0.05) is 19.8 Å². The Morgan fingerprint density at radius 3 is 2.57 bits per heavy atom. The molecule has 1 atom stereocenters. The third kappa shape index (κ3) is 2.84. The first-order chi connectivity index (χ1) is 10.0. The van der Waals surface area contributed by atoms with Gasteiger partial charge in [-0.1, -0.05) is 12.1 Å². The zero-order valence-electron chi connectivity index (χ0n) is 11.8. The number of halogens is 1. The topological polar surface area (TPSA) is 52.6 Å². The Hall–Kier alpha value is -0.980. The van der Waals surface area contributed by atoms with Crippen LogP contribution in [0.5, 0.6) is 0 Å². The standard InChI is InChI=1S/C15H19FO4S/c16-13-3-1-2-4-14(13)21(17,18)12-5-8-20-15(11-12)6-9-19-10-7-15/h1-4,12H,5-11H2. The van der Waals surface area contributed by atoms with E-state index in [-0.39, 0.29) is 4.90 Å². The summed E-state index contributed by atoms with van der Waals surface area (Å²) in [5.74, 6) is -0.676. The molecule has 2 fully saturated rings. The van der Waals surface area contributed by atoms with Gasteiger partial charge in [-0.2, -0.15) is 0 Å². The molecule has 3 rings (SSSR count). The third-order valence-corrected chi connectivity index (χ3v) is 6.66. The Balaban J connectivity index is 1.87. The molecule has 6 heteroatoms. The molecule has 2 heterocycles. The van der Waals surface area contributed by atoms with Crippen LogP contribution in [0.1, 0.15) is 25.7 Å². The van der Waals surface area contributed by atoms with Crippen LogP contribution >= 0.6 is 0 Å². The lowest BCUT2D eigenvalue weighted by Crippen LogP contribution is -2.48. The van der Waals surface area contributed by atoms with E-state index in [1.807, 2.05) is 0 Å². The van der Waals surface area contributed by atoms with Crippen molar-refractivity contribution in [2.45, 2.75) is 41.4 Å². The van der Waals surface area contributed by atoms with E-state index in [2.05, 4.69) is 0 Å². The average molecular weight is 314 g/mol. The Kier molecular flexibility index (Phi) is 4.03. The van der Waals surface area contributed by atoms with Crippen molar-refractivity contribution in [2.24, 2.45) is 0 Å². The minimum absolute atomic E-state index is 0.195. The smallest absolute Gasteiger partial charge is 0.184 e. The molecule has 4 nitrogen and oxygen atoms in total. The molecule has 21 heavy (non-hydrogen) atoms. The summed E-state index contributed by atoms with van der Waals surface area (Å²) >= 11 is 0. The van der Waals surface area contributed by atoms with Crippen LogP contribution in [0.25, 0.3) is 0 Å². The van der Waals surface area contributed by atoms with E-state index in [0.29, 0.717) is 45.5 Å². The normalized spacial score (nSPS) is 25.9. The van der Waals surface area contributed by atoms with Gasteiger partial charge in [-0.05, 0) is 37.8 Å². The highest BCUT2D eigenvalue weighted by molar-refractivity contribution is 7.92. The SMILES string of the molecule is O=S(=O)(c1ccccc1F)C1CCOC2(CCOCC2)C1. The number of sulfone groups is 1. The van der Waals surface area contributed by atoms with Crippen LogP contribution in [-0.4, -0.2) is 39.1 Å². The number of benzene rings is 1. The molecule has 0 saturated carbocycles. The Labute approximate surface area is 124 Å². The van der Waals surface area contributed by atoms with Crippen LogP contribution < -0.4 is 0 Å². The van der Waals surface area contributed by atoms with E-state index >= 15 is 0 Å². The lowest BCUT2D eigenvalue weighted by molar-refractivity contribution is -0.132. The van der Waals surface area contributed by atoms with E-state index in [1.54, 1.807) is 6.07 Å². The molecule has 2 aliphatic rings. The molecule has 1 unspecified atom stereocenters. The predicted octanol–water partition coefficient (Wildman–Crippen LogP) is 2.33. The van der Waals surface area contributed by atoms with Gasteiger partial charge in [-0.15, -0.1) is 0 Å². The highest BCUT2D eigenvalue weighted by Gasteiger charge is 2.44. The Morgan fingerprint density at radius 2 is 1.86 bits per heavy atom. The zero-order valence-corrected chi connectivity index (χ0v) is 12.6. The molecule has 0 radical (unpaired) electrons. The minimum atomic E-state index is -3.66. The maximum absolute atomic E-state index is 13.8. The van der Waals surface area contributed by atoms with Gasteiger partial charge in [0.2, 0.25) is 0 Å². The van der Waals surface area contributed by atoms with Gasteiger partial charge in [0.15, 0.2) is 9.84 Å². The molecule has 2 saturated heterocycles. The second-order valence-electron chi connectivity index (χ2n) is 5.73. The zero-order chi connectivity index (χ0) is 14.9.